The monoisotopic (exact) mass is 1180 g/mol. The summed E-state index contributed by atoms with van der Waals surface area (Å²) in [5.74, 6) is -0.877. The average Bonchev–Trinajstić information content (AvgIpc) is 1.58. The van der Waals surface area contributed by atoms with Gasteiger partial charge in [0.1, 0.15) is 13.2 Å². The second-order valence-electron chi connectivity index (χ2n) is 23.9. The van der Waals surface area contributed by atoms with Crippen molar-refractivity contribution in [3.8, 4) is 34.3 Å². The Balaban J connectivity index is 0.000000199. The fourth-order valence-electron chi connectivity index (χ4n) is 11.6. The Bertz CT molecular complexity index is 3680. The number of hydrogen-bond donors (Lipinski definition) is 4. The summed E-state index contributed by atoms with van der Waals surface area (Å²) in [5.41, 5.74) is 7.24. The minimum Gasteiger partial charge on any atom is -0.478 e. The van der Waals surface area contributed by atoms with Crippen LogP contribution in [0.3, 0.4) is 0 Å². The van der Waals surface area contributed by atoms with Crippen LogP contribution in [0.1, 0.15) is 138 Å². The Morgan fingerprint density at radius 1 is 0.805 bits per heavy atom. The van der Waals surface area contributed by atoms with E-state index < -0.39 is 44.1 Å². The first-order valence-corrected chi connectivity index (χ1v) is 30.9. The van der Waals surface area contributed by atoms with Crippen molar-refractivity contribution < 1.29 is 43.7 Å². The number of rotatable bonds is 16. The van der Waals surface area contributed by atoms with Crippen LogP contribution in [0.2, 0.25) is 0 Å². The molecule has 1 aliphatic heterocycles. The fourth-order valence-corrected chi connectivity index (χ4v) is 13.6. The second kappa shape index (κ2) is 23.9. The average molecular weight is 1180 g/mol. The lowest BCUT2D eigenvalue weighted by Crippen LogP contribution is -2.55. The van der Waals surface area contributed by atoms with Gasteiger partial charge in [0.25, 0.3) is 26.0 Å². The molecule has 6 aromatic rings. The number of carbonyl (C=O) groups is 2. The molecule has 0 saturated heterocycles. The topological polar surface area (TPSA) is 232 Å². The van der Waals surface area contributed by atoms with E-state index in [1.807, 2.05) is 64.1 Å². The smallest absolute Gasteiger partial charge is 0.335 e. The fraction of sp³-hybridized carbons (Fsp3) is 0.452. The van der Waals surface area contributed by atoms with Crippen molar-refractivity contribution >= 4 is 56.2 Å². The van der Waals surface area contributed by atoms with E-state index in [1.165, 1.54) is 43.2 Å². The third-order valence-corrected chi connectivity index (χ3v) is 18.7. The summed E-state index contributed by atoms with van der Waals surface area (Å²) < 4.78 is 89.2. The summed E-state index contributed by atoms with van der Waals surface area (Å²) in [4.78, 5) is 44.9. The van der Waals surface area contributed by atoms with Crippen molar-refractivity contribution in [2.24, 2.45) is 22.7 Å². The number of hydrogen-bond acceptors (Lipinski definition) is 13. The van der Waals surface area contributed by atoms with Crippen LogP contribution in [-0.4, -0.2) is 96.0 Å². The Morgan fingerprint density at radius 3 is 2.00 bits per heavy atom. The molecule has 0 unspecified atom stereocenters. The van der Waals surface area contributed by atoms with Gasteiger partial charge in [-0.05, 0) is 173 Å². The van der Waals surface area contributed by atoms with E-state index in [1.54, 1.807) is 29.2 Å². The largest absolute Gasteiger partial charge is 0.478 e. The lowest BCUT2D eigenvalue weighted by Gasteiger charge is -2.47. The number of carbonyl (C=O) groups excluding carboxylic acids is 1. The molecule has 2 spiro atoms. The van der Waals surface area contributed by atoms with Gasteiger partial charge >= 0.3 is 5.97 Å². The van der Waals surface area contributed by atoms with E-state index >= 15 is 0 Å². The van der Waals surface area contributed by atoms with E-state index in [0.717, 1.165) is 71.6 Å². The van der Waals surface area contributed by atoms with Crippen molar-refractivity contribution in [3.05, 3.63) is 130 Å². The number of aromatic carboxylic acids is 1. The van der Waals surface area contributed by atoms with E-state index in [4.69, 9.17) is 10.8 Å². The Labute approximate surface area is 491 Å². The minimum atomic E-state index is -4.21. The highest BCUT2D eigenvalue weighted by atomic mass is 35.5. The zero-order chi connectivity index (χ0) is 59.4. The molecule has 4 N–H and O–H groups in total. The van der Waals surface area contributed by atoms with E-state index in [9.17, 15) is 32.9 Å². The molecule has 436 valence electrons. The lowest BCUT2D eigenvalue weighted by atomic mass is 9.75. The van der Waals surface area contributed by atoms with Crippen LogP contribution in [0, 0.1) is 50.4 Å². The minimum absolute atomic E-state index is 0. The normalized spacial score (nSPS) is 21.2. The van der Waals surface area contributed by atoms with Gasteiger partial charge in [0.15, 0.2) is 0 Å². The van der Waals surface area contributed by atoms with Crippen LogP contribution in [0.15, 0.2) is 107 Å². The maximum Gasteiger partial charge on any atom is 0.335 e. The molecule has 4 aromatic carbocycles. The highest BCUT2D eigenvalue weighted by Crippen LogP contribution is 2.62. The molecule has 82 heavy (non-hydrogen) atoms. The number of sulfonamides is 2. The molecular weight excluding hydrogens is 1100 g/mol. The van der Waals surface area contributed by atoms with Crippen LogP contribution in [0.4, 0.5) is 11.9 Å². The number of ether oxygens (including phenoxy) is 2. The number of aromatic nitrogens is 4. The predicted molar refractivity (Wildman–Crippen MR) is 319 cm³/mol. The lowest BCUT2D eigenvalue weighted by molar-refractivity contribution is 0.00917. The summed E-state index contributed by atoms with van der Waals surface area (Å²) in [6.45, 7) is 16.7. The van der Waals surface area contributed by atoms with Crippen LogP contribution in [0.5, 0.6) is 11.8 Å². The number of aryl methyl sites for hydroxylation is 4. The predicted octanol–water partition coefficient (Wildman–Crippen LogP) is 11.8. The van der Waals surface area contributed by atoms with Crippen molar-refractivity contribution in [2.45, 2.75) is 154 Å². The SMILES string of the molecule is Cl.[2H]C1(N2C(=O)c3cccc(c3)S(=O)(=O)Nc3nc(cc(-c4c(C)cccc4C)n3)OC[C@H]2CC(C)C)CC2(CC2)C1.[2H]C1(N[C@@H](COc2cc(-c3c(C)cccc3C)nc(NS(=O)(=O)c3cccc(C(=O)O)c3)n2)CC(C)C)CC2(CC2)C1. The van der Waals surface area contributed by atoms with Gasteiger partial charge < -0.3 is 24.8 Å². The first-order valence-electron chi connectivity index (χ1n) is 28.9. The third kappa shape index (κ3) is 13.7. The Hall–Kier alpha value is -6.67. The number of benzene rings is 4. The number of halogens is 1. The van der Waals surface area contributed by atoms with E-state index in [2.05, 4.69) is 62.4 Å². The summed E-state index contributed by atoms with van der Waals surface area (Å²) in [7, 11) is -8.34. The molecule has 4 aliphatic carbocycles. The molecule has 11 rings (SSSR count). The van der Waals surface area contributed by atoms with Crippen molar-refractivity contribution in [1.82, 2.24) is 30.2 Å². The van der Waals surface area contributed by atoms with Crippen molar-refractivity contribution in [1.29, 1.82) is 0 Å². The number of carboxylic acid groups (broad SMARTS) is 1. The van der Waals surface area contributed by atoms with Gasteiger partial charge in [-0.15, -0.1) is 12.4 Å². The number of carboxylic acids is 1. The summed E-state index contributed by atoms with van der Waals surface area (Å²) in [5, 5.41) is 12.8. The Morgan fingerprint density at radius 2 is 1.40 bits per heavy atom. The molecule has 3 heterocycles. The maximum atomic E-state index is 14.2. The quantitative estimate of drug-likeness (QED) is 0.0706. The summed E-state index contributed by atoms with van der Waals surface area (Å²) >= 11 is 0. The highest BCUT2D eigenvalue weighted by Gasteiger charge is 2.56. The molecule has 17 nitrogen and oxygen atoms in total. The Kier molecular flexibility index (Phi) is 16.7. The third-order valence-electron chi connectivity index (χ3n) is 16.1. The van der Waals surface area contributed by atoms with Gasteiger partial charge in [0.2, 0.25) is 23.7 Å². The number of anilines is 2. The molecule has 1 amide bonds. The molecular formula is C62H75ClN8O9S2. The zero-order valence-corrected chi connectivity index (χ0v) is 50.2. The van der Waals surface area contributed by atoms with Crippen molar-refractivity contribution in [2.75, 3.05) is 22.7 Å². The molecule has 5 aliphatic rings. The van der Waals surface area contributed by atoms with Crippen LogP contribution < -0.4 is 24.2 Å². The highest BCUT2D eigenvalue weighted by molar-refractivity contribution is 7.93. The van der Waals surface area contributed by atoms with Crippen LogP contribution >= 0.6 is 12.4 Å². The van der Waals surface area contributed by atoms with Gasteiger partial charge in [-0.1, -0.05) is 76.2 Å². The number of nitrogens with zero attached hydrogens (tertiary/aromatic N) is 5. The van der Waals surface area contributed by atoms with Gasteiger partial charge in [0.05, 0.1) is 34.2 Å². The number of nitrogens with one attached hydrogen (secondary N) is 3. The number of fused-ring (bicyclic) bond motifs is 4. The zero-order valence-electron chi connectivity index (χ0n) is 49.7. The van der Waals surface area contributed by atoms with Crippen LogP contribution in [0.25, 0.3) is 22.5 Å². The molecule has 4 fully saturated rings. The van der Waals surface area contributed by atoms with Gasteiger partial charge in [-0.2, -0.15) is 9.97 Å². The summed E-state index contributed by atoms with van der Waals surface area (Å²) in [6.07, 6.45) is 8.98. The van der Waals surface area contributed by atoms with E-state index in [0.29, 0.717) is 42.0 Å². The van der Waals surface area contributed by atoms with Gasteiger partial charge in [0, 0.05) is 48.3 Å². The first-order chi connectivity index (χ1) is 39.1. The van der Waals surface area contributed by atoms with Crippen molar-refractivity contribution in [3.63, 3.8) is 0 Å². The second-order valence-corrected chi connectivity index (χ2v) is 27.2. The van der Waals surface area contributed by atoms with Gasteiger partial charge in [-0.3, -0.25) is 4.79 Å². The van der Waals surface area contributed by atoms with Crippen LogP contribution in [-0.2, 0) is 20.0 Å². The maximum absolute atomic E-state index is 14.2. The number of amides is 1. The van der Waals surface area contributed by atoms with E-state index in [-0.39, 0.29) is 93.5 Å². The van der Waals surface area contributed by atoms with Gasteiger partial charge in [-0.25, -0.2) is 41.0 Å². The first kappa shape index (κ1) is 57.2. The molecule has 4 saturated carbocycles. The standard InChI is InChI=1S/C31H38N4O5S.C31H36N4O4S.ClH/c1-19(2)13-23(32-24-16-31(17-24)11-12-31)18-40-27-15-26(28-20(3)7-5-8-21(28)4)33-30(34-27)35-41(38,39)25-10-6-9-22(14-25)29(36)37;1-19(2)13-23-18-39-27-15-26(28-20(3)7-5-8-21(28)4)32-30(33-27)34-40(37,38)25-10-6-9-22(14-25)29(36)35(23)24-16-31(17-24)11-12-31;/h5-10,14-15,19,23-24,32H,11-13,16-18H2,1-4H3,(H,36,37)(H,33,34,35);5-10,14-15,19,23-24H,11-13,16-18H2,1-4H3,(H,32,33,34);1H/t2*23-;/m11./s1/i2*24D;. The molecule has 20 heteroatoms. The molecule has 2 aromatic heterocycles. The molecule has 2 atom stereocenters. The summed E-state index contributed by atoms with van der Waals surface area (Å²) in [6, 6.07) is 24.0. The molecule has 4 bridgehead atoms. The molecule has 0 radical (unpaired) electrons.